The predicted molar refractivity (Wildman–Crippen MR) is 94.9 cm³/mol. The number of ether oxygens (including phenoxy) is 2. The van der Waals surface area contributed by atoms with E-state index in [1.165, 1.54) is 0 Å². The number of fused-ring (bicyclic) bond motifs is 5. The van der Waals surface area contributed by atoms with Crippen LogP contribution < -0.4 is 0 Å². The van der Waals surface area contributed by atoms with E-state index in [9.17, 15) is 9.90 Å². The molecule has 0 unspecified atom stereocenters. The van der Waals surface area contributed by atoms with Crippen LogP contribution in [0.2, 0.25) is 0 Å². The number of methoxy groups -OCH3 is 2. The summed E-state index contributed by atoms with van der Waals surface area (Å²) in [6.07, 6.45) is 8.27. The molecule has 0 amide bonds. The molecule has 0 aromatic rings. The fourth-order valence-corrected chi connectivity index (χ4v) is 7.38. The second kappa shape index (κ2) is 5.53. The van der Waals surface area contributed by atoms with Crippen LogP contribution in [0.4, 0.5) is 0 Å². The average molecular weight is 350 g/mol. The van der Waals surface area contributed by atoms with Gasteiger partial charge in [0.25, 0.3) is 0 Å². The first-order valence-electron chi connectivity index (χ1n) is 10.1. The fourth-order valence-electron chi connectivity index (χ4n) is 7.38. The number of ketones is 1. The molecule has 4 nitrogen and oxygen atoms in total. The van der Waals surface area contributed by atoms with Gasteiger partial charge in [0.05, 0.1) is 11.0 Å². The van der Waals surface area contributed by atoms with Crippen molar-refractivity contribution >= 4 is 5.78 Å². The number of Topliss-reactive ketones (excluding diaryl/α,β-unsaturated/α-hetero) is 1. The van der Waals surface area contributed by atoms with E-state index in [0.29, 0.717) is 30.5 Å². The molecule has 25 heavy (non-hydrogen) atoms. The van der Waals surface area contributed by atoms with Crippen LogP contribution in [0.15, 0.2) is 0 Å². The summed E-state index contributed by atoms with van der Waals surface area (Å²) < 4.78 is 11.5. The SMILES string of the molecule is COC1(OC)CC[C@@]2(C)[C@@H](CC[C@H]3[C@@H]2CC[C@@]2(C)C(=O)CC[C@@]32O)C1. The van der Waals surface area contributed by atoms with Crippen molar-refractivity contribution in [3.05, 3.63) is 0 Å². The summed E-state index contributed by atoms with van der Waals surface area (Å²) in [6, 6.07) is 0. The Morgan fingerprint density at radius 2 is 1.68 bits per heavy atom. The Morgan fingerprint density at radius 1 is 0.960 bits per heavy atom. The van der Waals surface area contributed by atoms with Crippen molar-refractivity contribution in [2.75, 3.05) is 14.2 Å². The highest BCUT2D eigenvalue weighted by atomic mass is 16.7. The van der Waals surface area contributed by atoms with Crippen molar-refractivity contribution in [2.45, 2.75) is 83.0 Å². The van der Waals surface area contributed by atoms with E-state index in [-0.39, 0.29) is 11.3 Å². The third-order valence-electron chi connectivity index (χ3n) is 9.31. The van der Waals surface area contributed by atoms with E-state index in [0.717, 1.165) is 44.9 Å². The Hall–Kier alpha value is -0.450. The van der Waals surface area contributed by atoms with Crippen molar-refractivity contribution in [1.82, 2.24) is 0 Å². The Morgan fingerprint density at radius 3 is 2.36 bits per heavy atom. The molecule has 1 N–H and O–H groups in total. The van der Waals surface area contributed by atoms with Crippen LogP contribution >= 0.6 is 0 Å². The molecule has 142 valence electrons. The third-order valence-corrected chi connectivity index (χ3v) is 9.31. The van der Waals surface area contributed by atoms with Crippen LogP contribution in [-0.2, 0) is 14.3 Å². The van der Waals surface area contributed by atoms with E-state index in [1.54, 1.807) is 14.2 Å². The molecule has 0 heterocycles. The maximum absolute atomic E-state index is 12.5. The molecule has 4 rings (SSSR count). The summed E-state index contributed by atoms with van der Waals surface area (Å²) in [5.74, 6) is 1.23. The molecule has 0 spiro atoms. The summed E-state index contributed by atoms with van der Waals surface area (Å²) in [5.41, 5.74) is -1.06. The quantitative estimate of drug-likeness (QED) is 0.772. The zero-order valence-corrected chi connectivity index (χ0v) is 16.3. The molecular formula is C21H34O4. The molecule has 0 aromatic heterocycles. The second-order valence-corrected chi connectivity index (χ2v) is 9.73. The summed E-state index contributed by atoms with van der Waals surface area (Å²) in [7, 11) is 3.52. The number of hydrogen-bond donors (Lipinski definition) is 1. The minimum absolute atomic E-state index is 0.228. The number of hydrogen-bond acceptors (Lipinski definition) is 4. The van der Waals surface area contributed by atoms with Gasteiger partial charge < -0.3 is 14.6 Å². The zero-order valence-electron chi connectivity index (χ0n) is 16.3. The van der Waals surface area contributed by atoms with Crippen LogP contribution in [0, 0.1) is 28.6 Å². The second-order valence-electron chi connectivity index (χ2n) is 9.73. The molecule has 4 aliphatic carbocycles. The highest BCUT2D eigenvalue weighted by molar-refractivity contribution is 5.88. The number of carbonyl (C=O) groups excluding carboxylic acids is 1. The van der Waals surface area contributed by atoms with Gasteiger partial charge in [-0.15, -0.1) is 0 Å². The lowest BCUT2D eigenvalue weighted by atomic mass is 9.43. The smallest absolute Gasteiger partial charge is 0.167 e. The lowest BCUT2D eigenvalue weighted by molar-refractivity contribution is -0.269. The summed E-state index contributed by atoms with van der Waals surface area (Å²) in [6.45, 7) is 4.47. The Balaban J connectivity index is 1.65. The van der Waals surface area contributed by atoms with Crippen molar-refractivity contribution < 1.29 is 19.4 Å². The first kappa shape index (κ1) is 17.9. The van der Waals surface area contributed by atoms with Gasteiger partial charge >= 0.3 is 0 Å². The standard InChI is InChI=1S/C21H34O4/c1-18-11-12-20(24-3,25-4)13-14(18)5-6-16-15(18)7-9-19(2)17(22)8-10-21(16,19)23/h14-16,23H,5-13H2,1-4H3/t14-,15-,16-,18-,19-,21+/m0/s1. The van der Waals surface area contributed by atoms with Gasteiger partial charge in [-0.05, 0) is 68.6 Å². The minimum Gasteiger partial charge on any atom is -0.389 e. The van der Waals surface area contributed by atoms with Crippen molar-refractivity contribution in [2.24, 2.45) is 28.6 Å². The van der Waals surface area contributed by atoms with Gasteiger partial charge in [-0.2, -0.15) is 0 Å². The van der Waals surface area contributed by atoms with Gasteiger partial charge in [0.15, 0.2) is 5.79 Å². The van der Waals surface area contributed by atoms with Crippen LogP contribution in [-0.4, -0.2) is 36.5 Å². The molecule has 0 radical (unpaired) electrons. The van der Waals surface area contributed by atoms with Gasteiger partial charge in [-0.25, -0.2) is 0 Å². The maximum atomic E-state index is 12.5. The van der Waals surface area contributed by atoms with Gasteiger partial charge in [-0.3, -0.25) is 4.79 Å². The monoisotopic (exact) mass is 350 g/mol. The first-order valence-corrected chi connectivity index (χ1v) is 10.1. The van der Waals surface area contributed by atoms with Gasteiger partial charge in [0.1, 0.15) is 5.78 Å². The van der Waals surface area contributed by atoms with Crippen molar-refractivity contribution in [3.63, 3.8) is 0 Å². The third kappa shape index (κ3) is 2.14. The predicted octanol–water partition coefficient (Wildman–Crippen LogP) is 3.70. The fraction of sp³-hybridized carbons (Fsp3) is 0.952. The van der Waals surface area contributed by atoms with Crippen molar-refractivity contribution in [1.29, 1.82) is 0 Å². The first-order chi connectivity index (χ1) is 11.7. The van der Waals surface area contributed by atoms with Crippen molar-refractivity contribution in [3.8, 4) is 0 Å². The summed E-state index contributed by atoms with van der Waals surface area (Å²) >= 11 is 0. The molecule has 4 heteroatoms. The van der Waals surface area contributed by atoms with Gasteiger partial charge in [-0.1, -0.05) is 6.92 Å². The Labute approximate surface area is 151 Å². The molecule has 0 aliphatic heterocycles. The van der Waals surface area contributed by atoms with E-state index < -0.39 is 16.8 Å². The Bertz CT molecular complexity index is 570. The highest BCUT2D eigenvalue weighted by Crippen LogP contribution is 2.67. The lowest BCUT2D eigenvalue weighted by Crippen LogP contribution is -2.63. The average Bonchev–Trinajstić information content (AvgIpc) is 2.86. The topological polar surface area (TPSA) is 55.8 Å². The summed E-state index contributed by atoms with van der Waals surface area (Å²) in [4.78, 5) is 12.5. The van der Waals surface area contributed by atoms with Crippen LogP contribution in [0.3, 0.4) is 0 Å². The molecule has 4 fully saturated rings. The minimum atomic E-state index is -0.780. The van der Waals surface area contributed by atoms with Crippen LogP contribution in [0.5, 0.6) is 0 Å². The number of aliphatic hydroxyl groups is 1. The number of carbonyl (C=O) groups is 1. The maximum Gasteiger partial charge on any atom is 0.167 e. The van der Waals surface area contributed by atoms with E-state index in [1.807, 2.05) is 6.92 Å². The molecule has 4 saturated carbocycles. The zero-order chi connectivity index (χ0) is 18.1. The van der Waals surface area contributed by atoms with Crippen LogP contribution in [0.1, 0.15) is 71.6 Å². The molecule has 4 aliphatic rings. The van der Waals surface area contributed by atoms with Gasteiger partial charge in [0, 0.05) is 33.5 Å². The molecule has 6 atom stereocenters. The molecule has 0 aromatic carbocycles. The molecule has 0 bridgehead atoms. The molecule has 0 saturated heterocycles. The van der Waals surface area contributed by atoms with Crippen LogP contribution in [0.25, 0.3) is 0 Å². The van der Waals surface area contributed by atoms with E-state index >= 15 is 0 Å². The number of rotatable bonds is 2. The van der Waals surface area contributed by atoms with E-state index in [4.69, 9.17) is 9.47 Å². The largest absolute Gasteiger partial charge is 0.389 e. The normalized spacial score (nSPS) is 51.6. The molecular weight excluding hydrogens is 316 g/mol. The summed E-state index contributed by atoms with van der Waals surface area (Å²) in [5, 5.41) is 11.7. The Kier molecular flexibility index (Phi) is 3.97. The highest BCUT2D eigenvalue weighted by Gasteiger charge is 2.68. The lowest BCUT2D eigenvalue weighted by Gasteiger charge is -2.63. The van der Waals surface area contributed by atoms with E-state index in [2.05, 4.69) is 6.92 Å². The van der Waals surface area contributed by atoms with Gasteiger partial charge in [0.2, 0.25) is 0 Å².